The number of phenolic OH excluding ortho intramolecular Hbond substituents is 1. The van der Waals surface area contributed by atoms with Gasteiger partial charge in [-0.05, 0) is 24.3 Å². The van der Waals surface area contributed by atoms with Gasteiger partial charge in [-0.3, -0.25) is 4.40 Å². The van der Waals surface area contributed by atoms with Crippen LogP contribution in [0.2, 0.25) is 0 Å². The van der Waals surface area contributed by atoms with E-state index < -0.39 is 0 Å². The smallest absolute Gasteiger partial charge is 0.175 e. The van der Waals surface area contributed by atoms with Crippen LogP contribution >= 0.6 is 0 Å². The highest BCUT2D eigenvalue weighted by Crippen LogP contribution is 2.25. The van der Waals surface area contributed by atoms with E-state index >= 15 is 0 Å². The van der Waals surface area contributed by atoms with Gasteiger partial charge in [0.15, 0.2) is 17.1 Å². The first-order valence-corrected chi connectivity index (χ1v) is 7.73. The second kappa shape index (κ2) is 5.13. The van der Waals surface area contributed by atoms with Crippen LogP contribution in [-0.4, -0.2) is 34.5 Å². The molecule has 0 spiro atoms. The third-order valence-corrected chi connectivity index (χ3v) is 4.08. The monoisotopic (exact) mass is 328 g/mol. The molecule has 0 atom stereocenters. The lowest BCUT2D eigenvalue weighted by Crippen LogP contribution is -1.98. The molecular formula is C18H12N6O. The van der Waals surface area contributed by atoms with Gasteiger partial charge in [-0.1, -0.05) is 30.3 Å². The number of hydrogen-bond acceptors (Lipinski definition) is 5. The van der Waals surface area contributed by atoms with E-state index in [0.29, 0.717) is 17.1 Å². The number of fused-ring (bicyclic) bond motifs is 3. The van der Waals surface area contributed by atoms with Crippen LogP contribution < -0.4 is 0 Å². The predicted molar refractivity (Wildman–Crippen MR) is 92.5 cm³/mol. The van der Waals surface area contributed by atoms with Crippen LogP contribution in [0.1, 0.15) is 0 Å². The van der Waals surface area contributed by atoms with Crippen LogP contribution in [-0.2, 0) is 0 Å². The minimum atomic E-state index is 0.181. The Balaban J connectivity index is 1.74. The van der Waals surface area contributed by atoms with Crippen LogP contribution in [0, 0.1) is 0 Å². The van der Waals surface area contributed by atoms with Gasteiger partial charge < -0.3 is 5.11 Å². The summed E-state index contributed by atoms with van der Waals surface area (Å²) < 4.78 is 3.58. The molecule has 0 saturated carbocycles. The Morgan fingerprint density at radius 2 is 1.76 bits per heavy atom. The maximum absolute atomic E-state index is 9.70. The van der Waals surface area contributed by atoms with E-state index in [0.717, 1.165) is 16.6 Å². The lowest BCUT2D eigenvalue weighted by Gasteiger charge is -2.03. The van der Waals surface area contributed by atoms with Crippen LogP contribution in [0.4, 0.5) is 0 Å². The summed E-state index contributed by atoms with van der Waals surface area (Å²) in [6.07, 6.45) is 3.42. The molecular weight excluding hydrogens is 316 g/mol. The van der Waals surface area contributed by atoms with Gasteiger partial charge in [0.05, 0.1) is 17.3 Å². The molecule has 5 rings (SSSR count). The molecule has 0 saturated heterocycles. The zero-order chi connectivity index (χ0) is 16.8. The minimum absolute atomic E-state index is 0.181. The topological polar surface area (TPSA) is 81.1 Å². The second-order valence-electron chi connectivity index (χ2n) is 5.64. The van der Waals surface area contributed by atoms with E-state index in [1.54, 1.807) is 39.8 Å². The van der Waals surface area contributed by atoms with E-state index in [-0.39, 0.29) is 5.75 Å². The Labute approximate surface area is 141 Å². The molecule has 3 aromatic heterocycles. The number of aromatic hydroxyl groups is 1. The summed E-state index contributed by atoms with van der Waals surface area (Å²) in [6.45, 7) is 0. The van der Waals surface area contributed by atoms with Crippen molar-refractivity contribution in [3.8, 4) is 22.8 Å². The Kier molecular flexibility index (Phi) is 2.81. The normalized spacial score (nSPS) is 11.4. The quantitative estimate of drug-likeness (QED) is 0.539. The molecule has 0 aliphatic rings. The van der Waals surface area contributed by atoms with Crippen molar-refractivity contribution in [1.29, 1.82) is 0 Å². The van der Waals surface area contributed by atoms with Crippen LogP contribution in [0.3, 0.4) is 0 Å². The maximum Gasteiger partial charge on any atom is 0.175 e. The van der Waals surface area contributed by atoms with Crippen molar-refractivity contribution in [3.05, 3.63) is 67.1 Å². The molecule has 7 heteroatoms. The van der Waals surface area contributed by atoms with Gasteiger partial charge in [0, 0.05) is 5.56 Å². The van der Waals surface area contributed by atoms with Gasteiger partial charge >= 0.3 is 0 Å². The van der Waals surface area contributed by atoms with Gasteiger partial charge in [-0.15, -0.1) is 10.2 Å². The van der Waals surface area contributed by atoms with Gasteiger partial charge in [-0.2, -0.15) is 5.10 Å². The summed E-state index contributed by atoms with van der Waals surface area (Å²) in [5.41, 5.74) is 3.09. The fourth-order valence-corrected chi connectivity index (χ4v) is 2.92. The third-order valence-electron chi connectivity index (χ3n) is 4.08. The Hall–Kier alpha value is -3.74. The number of aromatic nitrogens is 6. The highest BCUT2D eigenvalue weighted by Gasteiger charge is 2.15. The number of rotatable bonds is 2. The van der Waals surface area contributed by atoms with Crippen molar-refractivity contribution in [1.82, 2.24) is 29.4 Å². The van der Waals surface area contributed by atoms with Crippen molar-refractivity contribution in [2.24, 2.45) is 0 Å². The summed E-state index contributed by atoms with van der Waals surface area (Å²) >= 11 is 0. The van der Waals surface area contributed by atoms with Crippen LogP contribution in [0.25, 0.3) is 33.8 Å². The number of benzene rings is 2. The summed E-state index contributed by atoms with van der Waals surface area (Å²) in [5, 5.41) is 23.5. The number of para-hydroxylation sites is 1. The zero-order valence-electron chi connectivity index (χ0n) is 13.0. The second-order valence-corrected chi connectivity index (χ2v) is 5.64. The molecule has 1 N–H and O–H groups in total. The maximum atomic E-state index is 9.70. The van der Waals surface area contributed by atoms with Crippen molar-refractivity contribution >= 4 is 16.7 Å². The molecule has 25 heavy (non-hydrogen) atoms. The standard InChI is InChI=1S/C18H12N6O/c25-14-8-4-5-12(9-14)16-21-22-18-15-10-20-24(13-6-2-1-3-7-13)17(15)19-11-23(16)18/h1-11,25H. The van der Waals surface area contributed by atoms with E-state index in [1.165, 1.54) is 0 Å². The molecule has 0 unspecified atom stereocenters. The fourth-order valence-electron chi connectivity index (χ4n) is 2.92. The molecule has 2 aromatic carbocycles. The molecule has 0 amide bonds. The van der Waals surface area contributed by atoms with E-state index in [1.807, 2.05) is 36.4 Å². The van der Waals surface area contributed by atoms with E-state index in [2.05, 4.69) is 20.3 Å². The average molecular weight is 328 g/mol. The summed E-state index contributed by atoms with van der Waals surface area (Å²) in [4.78, 5) is 4.55. The first-order valence-electron chi connectivity index (χ1n) is 7.73. The lowest BCUT2D eigenvalue weighted by atomic mass is 10.2. The largest absolute Gasteiger partial charge is 0.508 e. The van der Waals surface area contributed by atoms with Crippen molar-refractivity contribution in [2.75, 3.05) is 0 Å². The van der Waals surface area contributed by atoms with Crippen molar-refractivity contribution < 1.29 is 5.11 Å². The van der Waals surface area contributed by atoms with Crippen molar-refractivity contribution in [3.63, 3.8) is 0 Å². The number of hydrogen-bond donors (Lipinski definition) is 1. The minimum Gasteiger partial charge on any atom is -0.508 e. The molecule has 0 fully saturated rings. The summed E-state index contributed by atoms with van der Waals surface area (Å²) in [6, 6.07) is 16.7. The summed E-state index contributed by atoms with van der Waals surface area (Å²) in [5.74, 6) is 0.799. The molecule has 120 valence electrons. The molecule has 0 bridgehead atoms. The highest BCUT2D eigenvalue weighted by atomic mass is 16.3. The lowest BCUT2D eigenvalue weighted by molar-refractivity contribution is 0.475. The van der Waals surface area contributed by atoms with Gasteiger partial charge in [0.25, 0.3) is 0 Å². The van der Waals surface area contributed by atoms with Gasteiger partial charge in [0.2, 0.25) is 0 Å². The molecule has 5 aromatic rings. The Morgan fingerprint density at radius 1 is 0.880 bits per heavy atom. The SMILES string of the molecule is Oc1cccc(-c2nnc3c4cnn(-c5ccccc5)c4ncn23)c1. The number of phenols is 1. The van der Waals surface area contributed by atoms with Crippen LogP contribution in [0.15, 0.2) is 67.1 Å². The molecule has 0 radical (unpaired) electrons. The summed E-state index contributed by atoms with van der Waals surface area (Å²) in [7, 11) is 0. The highest BCUT2D eigenvalue weighted by molar-refractivity contribution is 5.90. The zero-order valence-corrected chi connectivity index (χ0v) is 13.0. The first-order chi connectivity index (χ1) is 12.3. The van der Waals surface area contributed by atoms with E-state index in [9.17, 15) is 5.11 Å². The fraction of sp³-hybridized carbons (Fsp3) is 0. The Bertz CT molecular complexity index is 1210. The van der Waals surface area contributed by atoms with Crippen LogP contribution in [0.5, 0.6) is 5.75 Å². The first kappa shape index (κ1) is 13.7. The van der Waals surface area contributed by atoms with Gasteiger partial charge in [0.1, 0.15) is 12.1 Å². The van der Waals surface area contributed by atoms with Gasteiger partial charge in [-0.25, -0.2) is 9.67 Å². The molecule has 3 heterocycles. The Morgan fingerprint density at radius 3 is 2.60 bits per heavy atom. The number of nitrogens with zero attached hydrogens (tertiary/aromatic N) is 6. The molecule has 0 aliphatic carbocycles. The molecule has 7 nitrogen and oxygen atoms in total. The third kappa shape index (κ3) is 2.06. The van der Waals surface area contributed by atoms with E-state index in [4.69, 9.17) is 0 Å². The predicted octanol–water partition coefficient (Wildman–Crippen LogP) is 2.84. The average Bonchev–Trinajstić information content (AvgIpc) is 3.26. The molecule has 0 aliphatic heterocycles. The van der Waals surface area contributed by atoms with Crippen molar-refractivity contribution in [2.45, 2.75) is 0 Å².